The third-order valence-electron chi connectivity index (χ3n) is 4.75. The number of amides is 1. The van der Waals surface area contributed by atoms with Crippen molar-refractivity contribution < 1.29 is 19.6 Å². The fourth-order valence-corrected chi connectivity index (χ4v) is 3.06. The third kappa shape index (κ3) is 5.25. The van der Waals surface area contributed by atoms with E-state index in [1.165, 1.54) is 12.1 Å². The number of anilines is 2. The Labute approximate surface area is 186 Å². The maximum atomic E-state index is 13.1. The van der Waals surface area contributed by atoms with Gasteiger partial charge in [-0.05, 0) is 18.1 Å². The Morgan fingerprint density at radius 2 is 1.52 bits per heavy atom. The van der Waals surface area contributed by atoms with Crippen LogP contribution in [0.1, 0.15) is 21.5 Å². The van der Waals surface area contributed by atoms with Crippen molar-refractivity contribution in [3.63, 3.8) is 0 Å². The highest BCUT2D eigenvalue weighted by atomic mass is 16.6. The molecule has 3 aromatic carbocycles. The van der Waals surface area contributed by atoms with Gasteiger partial charge in [-0.25, -0.2) is 0 Å². The second kappa shape index (κ2) is 9.51. The molecule has 12 heteroatoms. The molecule has 0 spiro atoms. The molecule has 0 aliphatic carbocycles. The lowest BCUT2D eigenvalue weighted by molar-refractivity contribution is -0.393. The number of hydrogen-bond acceptors (Lipinski definition) is 8. The number of non-ortho nitro benzene ring substituents is 2. The average molecular weight is 451 g/mol. The van der Waals surface area contributed by atoms with Crippen molar-refractivity contribution in [1.29, 1.82) is 0 Å². The van der Waals surface area contributed by atoms with Crippen LogP contribution in [0.5, 0.6) is 0 Å². The molecule has 33 heavy (non-hydrogen) atoms. The number of carbonyl (C=O) groups is 1. The number of hydrogen-bond donors (Lipinski definition) is 2. The lowest BCUT2D eigenvalue weighted by Crippen LogP contribution is -2.17. The number of nitro groups is 3. The first-order valence-corrected chi connectivity index (χ1v) is 9.48. The minimum Gasteiger partial charge on any atom is -0.375 e. The Morgan fingerprint density at radius 3 is 2.12 bits per heavy atom. The SMILES string of the molecule is Cc1ccc([N+](=O)[O-])cc1NC(=O)c1cc([N+](=O)[O-])cc([N+](=O)[O-])c1NCc1ccccc1. The maximum Gasteiger partial charge on any atom is 0.300 e. The van der Waals surface area contributed by atoms with E-state index in [0.717, 1.165) is 23.8 Å². The molecule has 0 radical (unpaired) electrons. The molecule has 0 fully saturated rings. The summed E-state index contributed by atoms with van der Waals surface area (Å²) < 4.78 is 0. The highest BCUT2D eigenvalue weighted by Gasteiger charge is 2.28. The van der Waals surface area contributed by atoms with Crippen LogP contribution in [-0.2, 0) is 6.54 Å². The minimum absolute atomic E-state index is 0.0948. The normalized spacial score (nSPS) is 10.3. The summed E-state index contributed by atoms with van der Waals surface area (Å²) in [5.41, 5.74) is -0.791. The molecule has 12 nitrogen and oxygen atoms in total. The van der Waals surface area contributed by atoms with Crippen molar-refractivity contribution in [3.05, 3.63) is 108 Å². The van der Waals surface area contributed by atoms with Crippen LogP contribution >= 0.6 is 0 Å². The molecule has 168 valence electrons. The van der Waals surface area contributed by atoms with Crippen LogP contribution in [-0.4, -0.2) is 20.7 Å². The van der Waals surface area contributed by atoms with E-state index in [9.17, 15) is 35.1 Å². The molecule has 0 aliphatic heterocycles. The number of rotatable bonds is 8. The number of nitro benzene ring substituents is 3. The standard InChI is InChI=1S/C21H17N5O7/c1-13-7-8-15(24(28)29)10-18(13)23-21(27)17-9-16(25(30)31)11-19(26(32)33)20(17)22-12-14-5-3-2-4-6-14/h2-11,22H,12H2,1H3,(H,23,27). The fraction of sp³-hybridized carbons (Fsp3) is 0.0952. The summed E-state index contributed by atoms with van der Waals surface area (Å²) in [4.78, 5) is 44.8. The molecule has 0 aliphatic rings. The van der Waals surface area contributed by atoms with Gasteiger partial charge in [0.05, 0.1) is 32.1 Å². The summed E-state index contributed by atoms with van der Waals surface area (Å²) in [5, 5.41) is 39.3. The zero-order valence-corrected chi connectivity index (χ0v) is 17.2. The van der Waals surface area contributed by atoms with E-state index in [1.54, 1.807) is 37.3 Å². The van der Waals surface area contributed by atoms with Gasteiger partial charge in [0, 0.05) is 24.7 Å². The van der Waals surface area contributed by atoms with E-state index in [4.69, 9.17) is 0 Å². The number of carbonyl (C=O) groups excluding carboxylic acids is 1. The van der Waals surface area contributed by atoms with Gasteiger partial charge in [0.25, 0.3) is 23.0 Å². The third-order valence-corrected chi connectivity index (χ3v) is 4.75. The lowest BCUT2D eigenvalue weighted by Gasteiger charge is -2.14. The van der Waals surface area contributed by atoms with Crippen LogP contribution in [0.3, 0.4) is 0 Å². The minimum atomic E-state index is -0.902. The molecule has 1 amide bonds. The van der Waals surface area contributed by atoms with Crippen molar-refractivity contribution in [2.75, 3.05) is 10.6 Å². The van der Waals surface area contributed by atoms with E-state index >= 15 is 0 Å². The zero-order chi connectivity index (χ0) is 24.1. The summed E-state index contributed by atoms with van der Waals surface area (Å²) in [6, 6.07) is 14.3. The molecule has 0 bridgehead atoms. The Morgan fingerprint density at radius 1 is 0.848 bits per heavy atom. The van der Waals surface area contributed by atoms with Gasteiger partial charge in [-0.15, -0.1) is 0 Å². The van der Waals surface area contributed by atoms with Crippen molar-refractivity contribution in [3.8, 4) is 0 Å². The summed E-state index contributed by atoms with van der Waals surface area (Å²) in [6.07, 6.45) is 0. The number of benzene rings is 3. The van der Waals surface area contributed by atoms with E-state index in [1.807, 2.05) is 0 Å². The fourth-order valence-electron chi connectivity index (χ4n) is 3.06. The van der Waals surface area contributed by atoms with Gasteiger partial charge in [0.1, 0.15) is 5.69 Å². The molecule has 0 saturated carbocycles. The summed E-state index contributed by atoms with van der Waals surface area (Å²) in [6.45, 7) is 1.71. The van der Waals surface area contributed by atoms with Crippen molar-refractivity contribution in [1.82, 2.24) is 0 Å². The second-order valence-corrected chi connectivity index (χ2v) is 6.95. The van der Waals surface area contributed by atoms with E-state index in [0.29, 0.717) is 5.56 Å². The van der Waals surface area contributed by atoms with Crippen LogP contribution in [0.4, 0.5) is 28.4 Å². The zero-order valence-electron chi connectivity index (χ0n) is 17.2. The van der Waals surface area contributed by atoms with Crippen LogP contribution in [0.2, 0.25) is 0 Å². The number of nitrogens with one attached hydrogen (secondary N) is 2. The Bertz CT molecular complexity index is 1260. The molecule has 0 aromatic heterocycles. The predicted molar refractivity (Wildman–Crippen MR) is 119 cm³/mol. The number of nitrogens with zero attached hydrogens (tertiary/aromatic N) is 3. The molecule has 3 aromatic rings. The lowest BCUT2D eigenvalue weighted by atomic mass is 10.1. The molecule has 2 N–H and O–H groups in total. The summed E-state index contributed by atoms with van der Waals surface area (Å²) in [5.74, 6) is -0.902. The van der Waals surface area contributed by atoms with Gasteiger partial charge >= 0.3 is 0 Å². The van der Waals surface area contributed by atoms with Gasteiger partial charge in [0.2, 0.25) is 0 Å². The molecule has 0 unspecified atom stereocenters. The average Bonchev–Trinajstić information content (AvgIpc) is 2.78. The molecule has 0 heterocycles. The molecule has 3 rings (SSSR count). The van der Waals surface area contributed by atoms with Crippen molar-refractivity contribution >= 4 is 34.3 Å². The van der Waals surface area contributed by atoms with Gasteiger partial charge in [-0.2, -0.15) is 0 Å². The van der Waals surface area contributed by atoms with Crippen LogP contribution in [0.15, 0.2) is 60.7 Å². The summed E-state index contributed by atoms with van der Waals surface area (Å²) in [7, 11) is 0. The summed E-state index contributed by atoms with van der Waals surface area (Å²) >= 11 is 0. The molecule has 0 saturated heterocycles. The van der Waals surface area contributed by atoms with Crippen molar-refractivity contribution in [2.24, 2.45) is 0 Å². The van der Waals surface area contributed by atoms with E-state index in [2.05, 4.69) is 10.6 Å². The number of aryl methyl sites for hydroxylation is 1. The molecule has 0 atom stereocenters. The Kier molecular flexibility index (Phi) is 6.57. The highest BCUT2D eigenvalue weighted by Crippen LogP contribution is 2.35. The topological polar surface area (TPSA) is 171 Å². The first-order chi connectivity index (χ1) is 15.7. The van der Waals surface area contributed by atoms with E-state index in [-0.39, 0.29) is 29.2 Å². The Hall–Kier alpha value is -4.87. The predicted octanol–water partition coefficient (Wildman–Crippen LogP) is 4.58. The first kappa shape index (κ1) is 22.8. The smallest absolute Gasteiger partial charge is 0.300 e. The van der Waals surface area contributed by atoms with Crippen LogP contribution in [0, 0.1) is 37.3 Å². The molecular formula is C21H17N5O7. The van der Waals surface area contributed by atoms with Gasteiger partial charge < -0.3 is 10.6 Å². The van der Waals surface area contributed by atoms with Gasteiger partial charge in [0.15, 0.2) is 0 Å². The first-order valence-electron chi connectivity index (χ1n) is 9.48. The largest absolute Gasteiger partial charge is 0.375 e. The van der Waals surface area contributed by atoms with Crippen molar-refractivity contribution in [2.45, 2.75) is 13.5 Å². The Balaban J connectivity index is 2.07. The highest BCUT2D eigenvalue weighted by molar-refractivity contribution is 6.10. The van der Waals surface area contributed by atoms with Gasteiger partial charge in [-0.1, -0.05) is 36.4 Å². The quantitative estimate of drug-likeness (QED) is 0.370. The second-order valence-electron chi connectivity index (χ2n) is 6.95. The van der Waals surface area contributed by atoms with E-state index < -0.39 is 32.1 Å². The monoisotopic (exact) mass is 451 g/mol. The maximum absolute atomic E-state index is 13.1. The van der Waals surface area contributed by atoms with Crippen LogP contribution in [0.25, 0.3) is 0 Å². The van der Waals surface area contributed by atoms with Gasteiger partial charge in [-0.3, -0.25) is 35.1 Å². The molecular weight excluding hydrogens is 434 g/mol. The van der Waals surface area contributed by atoms with Crippen LogP contribution < -0.4 is 10.6 Å².